The maximum atomic E-state index is 13.0. The van der Waals surface area contributed by atoms with E-state index in [1.54, 1.807) is 0 Å². The van der Waals surface area contributed by atoms with Crippen LogP contribution in [-0.4, -0.2) is 49.3 Å². The molecule has 0 spiro atoms. The SMILES string of the molecule is Cc1cc(C)c2[nH]c(=O)c(CN(Cc3nnnn3C3CCCCC3)CC3CCCO3)cc2c1. The number of nitrogens with zero attached hydrogens (tertiary/aromatic N) is 5. The lowest BCUT2D eigenvalue weighted by Crippen LogP contribution is -2.34. The van der Waals surface area contributed by atoms with E-state index < -0.39 is 0 Å². The molecule has 1 unspecified atom stereocenters. The van der Waals surface area contributed by atoms with Gasteiger partial charge in [-0.05, 0) is 73.0 Å². The molecule has 5 rings (SSSR count). The molecule has 1 aliphatic heterocycles. The molecule has 1 atom stereocenters. The normalized spacial score (nSPS) is 19.7. The van der Waals surface area contributed by atoms with E-state index in [4.69, 9.17) is 4.74 Å². The summed E-state index contributed by atoms with van der Waals surface area (Å²) in [6.45, 7) is 6.85. The topological polar surface area (TPSA) is 88.9 Å². The Labute approximate surface area is 194 Å². The molecule has 176 valence electrons. The van der Waals surface area contributed by atoms with Crippen molar-refractivity contribution in [2.45, 2.75) is 84.0 Å². The summed E-state index contributed by atoms with van der Waals surface area (Å²) in [7, 11) is 0. The highest BCUT2D eigenvalue weighted by molar-refractivity contribution is 5.82. The van der Waals surface area contributed by atoms with Crippen molar-refractivity contribution in [2.24, 2.45) is 0 Å². The van der Waals surface area contributed by atoms with Gasteiger partial charge in [-0.25, -0.2) is 4.68 Å². The van der Waals surface area contributed by atoms with Crippen LogP contribution >= 0.6 is 0 Å². The third kappa shape index (κ3) is 5.01. The van der Waals surface area contributed by atoms with Gasteiger partial charge in [0.25, 0.3) is 5.56 Å². The van der Waals surface area contributed by atoms with Crippen LogP contribution in [0.5, 0.6) is 0 Å². The van der Waals surface area contributed by atoms with Crippen LogP contribution in [0.4, 0.5) is 0 Å². The van der Waals surface area contributed by atoms with E-state index in [1.165, 1.54) is 24.8 Å². The Kier molecular flexibility index (Phi) is 6.55. The Bertz CT molecular complexity index is 1160. The van der Waals surface area contributed by atoms with Crippen LogP contribution in [0.15, 0.2) is 23.0 Å². The number of hydrogen-bond acceptors (Lipinski definition) is 6. The Hall–Kier alpha value is -2.58. The molecular formula is C25H34N6O2. The minimum atomic E-state index is -0.0290. The Balaban J connectivity index is 1.42. The third-order valence-electron chi connectivity index (χ3n) is 7.10. The maximum Gasteiger partial charge on any atom is 0.252 e. The summed E-state index contributed by atoms with van der Waals surface area (Å²) in [4.78, 5) is 18.4. The number of ether oxygens (including phenoxy) is 1. The van der Waals surface area contributed by atoms with E-state index in [1.807, 2.05) is 17.7 Å². The predicted octanol–water partition coefficient (Wildman–Crippen LogP) is 3.82. The van der Waals surface area contributed by atoms with Gasteiger partial charge in [-0.1, -0.05) is 30.9 Å². The maximum absolute atomic E-state index is 13.0. The van der Waals surface area contributed by atoms with Crippen molar-refractivity contribution in [3.63, 3.8) is 0 Å². The van der Waals surface area contributed by atoms with Gasteiger partial charge in [0.1, 0.15) is 0 Å². The Morgan fingerprint density at radius 3 is 2.73 bits per heavy atom. The number of aryl methyl sites for hydroxylation is 2. The zero-order chi connectivity index (χ0) is 22.8. The largest absolute Gasteiger partial charge is 0.377 e. The van der Waals surface area contributed by atoms with Gasteiger partial charge >= 0.3 is 0 Å². The Morgan fingerprint density at radius 2 is 1.94 bits per heavy atom. The first kappa shape index (κ1) is 22.2. The summed E-state index contributed by atoms with van der Waals surface area (Å²) in [5.74, 6) is 0.879. The molecule has 1 saturated carbocycles. The summed E-state index contributed by atoms with van der Waals surface area (Å²) < 4.78 is 7.96. The van der Waals surface area contributed by atoms with Crippen molar-refractivity contribution in [1.82, 2.24) is 30.1 Å². The van der Waals surface area contributed by atoms with Gasteiger partial charge in [0.05, 0.1) is 24.2 Å². The predicted molar refractivity (Wildman–Crippen MR) is 127 cm³/mol. The highest BCUT2D eigenvalue weighted by Crippen LogP contribution is 2.28. The van der Waals surface area contributed by atoms with E-state index in [9.17, 15) is 4.79 Å². The molecule has 2 aromatic heterocycles. The number of pyridine rings is 1. The number of benzene rings is 1. The fourth-order valence-electron chi connectivity index (χ4n) is 5.48. The lowest BCUT2D eigenvalue weighted by Gasteiger charge is -2.27. The molecule has 3 heterocycles. The van der Waals surface area contributed by atoms with Crippen LogP contribution in [0.3, 0.4) is 0 Å². The van der Waals surface area contributed by atoms with Crippen molar-refractivity contribution in [1.29, 1.82) is 0 Å². The molecule has 1 saturated heterocycles. The molecule has 2 fully saturated rings. The first-order valence-electron chi connectivity index (χ1n) is 12.3. The second kappa shape index (κ2) is 9.73. The van der Waals surface area contributed by atoms with Gasteiger partial charge in [0, 0.05) is 25.3 Å². The summed E-state index contributed by atoms with van der Waals surface area (Å²) in [5, 5.41) is 13.8. The second-order valence-corrected chi connectivity index (χ2v) is 9.81. The van der Waals surface area contributed by atoms with Gasteiger partial charge in [0.15, 0.2) is 5.82 Å². The lowest BCUT2D eigenvalue weighted by atomic mass is 9.95. The first-order chi connectivity index (χ1) is 16.1. The molecule has 1 N–H and O–H groups in total. The standard InChI is InChI=1S/C25H34N6O2/c1-17-11-18(2)24-19(12-17)13-20(25(32)26-24)14-30(15-22-9-6-10-33-22)16-23-27-28-29-31(23)21-7-4-3-5-8-21/h11-13,21-22H,3-10,14-16H2,1-2H3,(H,26,32). The molecule has 3 aromatic rings. The number of H-pyrrole nitrogens is 1. The second-order valence-electron chi connectivity index (χ2n) is 9.81. The zero-order valence-corrected chi connectivity index (χ0v) is 19.7. The van der Waals surface area contributed by atoms with Crippen LogP contribution in [0, 0.1) is 13.8 Å². The monoisotopic (exact) mass is 450 g/mol. The van der Waals surface area contributed by atoms with Gasteiger partial charge in [-0.2, -0.15) is 0 Å². The number of nitrogens with one attached hydrogen (secondary N) is 1. The summed E-state index contributed by atoms with van der Waals surface area (Å²) in [5.41, 5.74) is 3.94. The van der Waals surface area contributed by atoms with E-state index in [-0.39, 0.29) is 11.7 Å². The molecule has 33 heavy (non-hydrogen) atoms. The minimum absolute atomic E-state index is 0.0290. The summed E-state index contributed by atoms with van der Waals surface area (Å²) in [6, 6.07) is 6.66. The average Bonchev–Trinajstić information content (AvgIpc) is 3.48. The van der Waals surface area contributed by atoms with Gasteiger partial charge < -0.3 is 9.72 Å². The van der Waals surface area contributed by atoms with Gasteiger partial charge in [-0.15, -0.1) is 5.10 Å². The van der Waals surface area contributed by atoms with Crippen molar-refractivity contribution in [3.05, 3.63) is 51.1 Å². The highest BCUT2D eigenvalue weighted by atomic mass is 16.5. The number of aromatic amines is 1. The average molecular weight is 451 g/mol. The van der Waals surface area contributed by atoms with Crippen LogP contribution < -0.4 is 5.56 Å². The fraction of sp³-hybridized carbons (Fsp3) is 0.600. The molecule has 0 radical (unpaired) electrons. The van der Waals surface area contributed by atoms with Crippen molar-refractivity contribution < 1.29 is 4.74 Å². The van der Waals surface area contributed by atoms with Crippen LogP contribution in [0.2, 0.25) is 0 Å². The number of fused-ring (bicyclic) bond motifs is 1. The van der Waals surface area contributed by atoms with E-state index in [0.717, 1.165) is 66.7 Å². The minimum Gasteiger partial charge on any atom is -0.377 e. The van der Waals surface area contributed by atoms with Gasteiger partial charge in [0.2, 0.25) is 0 Å². The molecule has 0 amide bonds. The van der Waals surface area contributed by atoms with Crippen molar-refractivity contribution in [2.75, 3.05) is 13.2 Å². The molecule has 1 aromatic carbocycles. The Morgan fingerprint density at radius 1 is 1.09 bits per heavy atom. The number of hydrogen-bond donors (Lipinski definition) is 1. The van der Waals surface area contributed by atoms with E-state index in [0.29, 0.717) is 19.1 Å². The van der Waals surface area contributed by atoms with E-state index >= 15 is 0 Å². The summed E-state index contributed by atoms with van der Waals surface area (Å²) >= 11 is 0. The quantitative estimate of drug-likeness (QED) is 0.589. The fourth-order valence-corrected chi connectivity index (χ4v) is 5.48. The molecule has 1 aliphatic carbocycles. The van der Waals surface area contributed by atoms with Crippen molar-refractivity contribution in [3.8, 4) is 0 Å². The molecule has 2 aliphatic rings. The number of rotatable bonds is 7. The molecular weight excluding hydrogens is 416 g/mol. The molecule has 8 nitrogen and oxygen atoms in total. The van der Waals surface area contributed by atoms with Gasteiger partial charge in [-0.3, -0.25) is 9.69 Å². The van der Waals surface area contributed by atoms with E-state index in [2.05, 4.69) is 44.5 Å². The summed E-state index contributed by atoms with van der Waals surface area (Å²) in [6.07, 6.45) is 8.35. The third-order valence-corrected chi connectivity index (χ3v) is 7.10. The van der Waals surface area contributed by atoms with Crippen LogP contribution in [0.25, 0.3) is 10.9 Å². The lowest BCUT2D eigenvalue weighted by molar-refractivity contribution is 0.0659. The number of aromatic nitrogens is 5. The van der Waals surface area contributed by atoms with Crippen LogP contribution in [-0.2, 0) is 17.8 Å². The molecule has 8 heteroatoms. The molecule has 0 bridgehead atoms. The van der Waals surface area contributed by atoms with Crippen LogP contribution in [0.1, 0.15) is 73.5 Å². The zero-order valence-electron chi connectivity index (χ0n) is 19.7. The van der Waals surface area contributed by atoms with Crippen molar-refractivity contribution >= 4 is 10.9 Å². The smallest absolute Gasteiger partial charge is 0.252 e. The number of tetrazole rings is 1. The highest BCUT2D eigenvalue weighted by Gasteiger charge is 2.25. The first-order valence-corrected chi connectivity index (χ1v) is 12.3.